The molecule has 0 atom stereocenters. The second kappa shape index (κ2) is 7.34. The van der Waals surface area contributed by atoms with E-state index in [4.69, 9.17) is 9.84 Å². The fourth-order valence-corrected chi connectivity index (χ4v) is 2.96. The van der Waals surface area contributed by atoms with Crippen LogP contribution in [0.4, 0.5) is 0 Å². The number of nitrogens with one attached hydrogen (secondary N) is 1. The zero-order valence-electron chi connectivity index (χ0n) is 10.1. The summed E-state index contributed by atoms with van der Waals surface area (Å²) >= 11 is 2.32. The molecule has 0 radical (unpaired) electrons. The number of thioether (sulfide) groups is 1. The molecule has 100 valence electrons. The average Bonchev–Trinajstić information content (AvgIpc) is 2.68. The van der Waals surface area contributed by atoms with Crippen LogP contribution >= 0.6 is 23.1 Å². The highest BCUT2D eigenvalue weighted by Crippen LogP contribution is 2.26. The normalized spacial score (nSPS) is 10.3. The van der Waals surface area contributed by atoms with Gasteiger partial charge in [-0.3, -0.25) is 4.79 Å². The molecule has 2 N–H and O–H groups in total. The SMILES string of the molecule is COCCNC(=O)CSc1nc(C)c(C(=O)O)s1. The van der Waals surface area contributed by atoms with Crippen LogP contribution in [0, 0.1) is 6.92 Å². The van der Waals surface area contributed by atoms with E-state index in [1.165, 1.54) is 11.8 Å². The summed E-state index contributed by atoms with van der Waals surface area (Å²) in [5.41, 5.74) is 0.481. The highest BCUT2D eigenvalue weighted by atomic mass is 32.2. The number of carbonyl (C=O) groups is 2. The molecule has 1 aromatic heterocycles. The molecule has 0 fully saturated rings. The Bertz CT molecular complexity index is 434. The molecular weight excluding hydrogens is 276 g/mol. The molecule has 8 heteroatoms. The van der Waals surface area contributed by atoms with Gasteiger partial charge >= 0.3 is 5.97 Å². The number of amides is 1. The summed E-state index contributed by atoms with van der Waals surface area (Å²) in [6.07, 6.45) is 0. The van der Waals surface area contributed by atoms with Crippen LogP contribution in [-0.2, 0) is 9.53 Å². The summed E-state index contributed by atoms with van der Waals surface area (Å²) in [5, 5.41) is 11.5. The van der Waals surface area contributed by atoms with Gasteiger partial charge in [0.1, 0.15) is 4.88 Å². The molecule has 6 nitrogen and oxygen atoms in total. The van der Waals surface area contributed by atoms with E-state index in [-0.39, 0.29) is 16.5 Å². The number of rotatable bonds is 7. The number of hydrogen-bond donors (Lipinski definition) is 2. The van der Waals surface area contributed by atoms with Crippen LogP contribution in [0.5, 0.6) is 0 Å². The van der Waals surface area contributed by atoms with Crippen molar-refractivity contribution in [3.63, 3.8) is 0 Å². The van der Waals surface area contributed by atoms with Crippen molar-refractivity contribution < 1.29 is 19.4 Å². The Morgan fingerprint density at radius 1 is 1.56 bits per heavy atom. The Morgan fingerprint density at radius 3 is 2.83 bits per heavy atom. The van der Waals surface area contributed by atoms with E-state index in [1.54, 1.807) is 14.0 Å². The number of carbonyl (C=O) groups excluding carboxylic acids is 1. The molecule has 0 bridgehead atoms. The summed E-state index contributed by atoms with van der Waals surface area (Å²) in [5.74, 6) is -0.890. The Hall–Kier alpha value is -1.12. The van der Waals surface area contributed by atoms with Crippen molar-refractivity contribution >= 4 is 35.0 Å². The lowest BCUT2D eigenvalue weighted by Crippen LogP contribution is -2.28. The van der Waals surface area contributed by atoms with Crippen LogP contribution in [0.3, 0.4) is 0 Å². The number of nitrogens with zero attached hydrogens (tertiary/aromatic N) is 1. The maximum Gasteiger partial charge on any atom is 0.347 e. The van der Waals surface area contributed by atoms with Crippen molar-refractivity contribution in [3.05, 3.63) is 10.6 Å². The fourth-order valence-electron chi connectivity index (χ4n) is 1.10. The summed E-state index contributed by atoms with van der Waals surface area (Å²) in [6.45, 7) is 2.58. The maximum absolute atomic E-state index is 11.4. The number of thiazole rings is 1. The minimum absolute atomic E-state index is 0.123. The van der Waals surface area contributed by atoms with Crippen LogP contribution in [0.2, 0.25) is 0 Å². The minimum atomic E-state index is -0.985. The number of carboxylic acids is 1. The predicted molar refractivity (Wildman–Crippen MR) is 69.4 cm³/mol. The summed E-state index contributed by atoms with van der Waals surface area (Å²) in [6, 6.07) is 0. The fraction of sp³-hybridized carbons (Fsp3) is 0.500. The van der Waals surface area contributed by atoms with E-state index >= 15 is 0 Å². The number of aryl methyl sites for hydroxylation is 1. The monoisotopic (exact) mass is 290 g/mol. The zero-order chi connectivity index (χ0) is 13.5. The molecule has 0 aliphatic carbocycles. The van der Waals surface area contributed by atoms with Gasteiger partial charge in [0, 0.05) is 13.7 Å². The van der Waals surface area contributed by atoms with Crippen molar-refractivity contribution in [2.75, 3.05) is 26.0 Å². The largest absolute Gasteiger partial charge is 0.477 e. The summed E-state index contributed by atoms with van der Waals surface area (Å²) < 4.78 is 5.39. The topological polar surface area (TPSA) is 88.5 Å². The first-order valence-electron chi connectivity index (χ1n) is 5.13. The third-order valence-corrected chi connectivity index (χ3v) is 4.21. The molecule has 0 unspecified atom stereocenters. The van der Waals surface area contributed by atoms with Gasteiger partial charge in [-0.1, -0.05) is 11.8 Å². The van der Waals surface area contributed by atoms with Crippen LogP contribution in [0.25, 0.3) is 0 Å². The van der Waals surface area contributed by atoms with Crippen molar-refractivity contribution in [1.29, 1.82) is 0 Å². The molecule has 1 heterocycles. The van der Waals surface area contributed by atoms with Crippen molar-refractivity contribution in [3.8, 4) is 0 Å². The Morgan fingerprint density at radius 2 is 2.28 bits per heavy atom. The van der Waals surface area contributed by atoms with E-state index in [0.717, 1.165) is 11.3 Å². The second-order valence-electron chi connectivity index (χ2n) is 3.33. The Kier molecular flexibility index (Phi) is 6.10. The highest BCUT2D eigenvalue weighted by Gasteiger charge is 2.14. The molecule has 1 rings (SSSR count). The number of hydrogen-bond acceptors (Lipinski definition) is 6. The van der Waals surface area contributed by atoms with Crippen molar-refractivity contribution in [2.24, 2.45) is 0 Å². The standard InChI is InChI=1S/C10H14N2O4S2/c1-6-8(9(14)15)18-10(12-6)17-5-7(13)11-3-4-16-2/h3-5H2,1-2H3,(H,11,13)(H,14,15). The van der Waals surface area contributed by atoms with Gasteiger partial charge in [0.2, 0.25) is 5.91 Å². The van der Waals surface area contributed by atoms with Crippen molar-refractivity contribution in [1.82, 2.24) is 10.3 Å². The summed E-state index contributed by atoms with van der Waals surface area (Å²) in [4.78, 5) is 26.5. The predicted octanol–water partition coefficient (Wildman–Crippen LogP) is 1.00. The van der Waals surface area contributed by atoms with E-state index in [0.29, 0.717) is 23.2 Å². The first-order chi connectivity index (χ1) is 8.54. The molecule has 0 aromatic carbocycles. The number of carboxylic acid groups (broad SMARTS) is 1. The van der Waals surface area contributed by atoms with E-state index in [9.17, 15) is 9.59 Å². The first kappa shape index (κ1) is 14.9. The van der Waals surface area contributed by atoms with Gasteiger partial charge in [-0.25, -0.2) is 9.78 Å². The maximum atomic E-state index is 11.4. The Balaban J connectivity index is 2.41. The van der Waals surface area contributed by atoms with Gasteiger partial charge < -0.3 is 15.2 Å². The van der Waals surface area contributed by atoms with Crippen LogP contribution < -0.4 is 5.32 Å². The molecule has 0 saturated heterocycles. The molecule has 0 aliphatic heterocycles. The van der Waals surface area contributed by atoms with Gasteiger partial charge in [-0.15, -0.1) is 11.3 Å². The second-order valence-corrected chi connectivity index (χ2v) is 5.55. The van der Waals surface area contributed by atoms with Gasteiger partial charge in [-0.2, -0.15) is 0 Å². The number of methoxy groups -OCH3 is 1. The van der Waals surface area contributed by atoms with E-state index in [2.05, 4.69) is 10.3 Å². The molecule has 0 spiro atoms. The molecule has 0 aliphatic rings. The molecule has 18 heavy (non-hydrogen) atoms. The number of aromatic nitrogens is 1. The molecule has 1 aromatic rings. The van der Waals surface area contributed by atoms with Gasteiger partial charge in [0.05, 0.1) is 18.1 Å². The van der Waals surface area contributed by atoms with Crippen molar-refractivity contribution in [2.45, 2.75) is 11.3 Å². The van der Waals surface area contributed by atoms with Crippen LogP contribution in [-0.4, -0.2) is 48.0 Å². The summed E-state index contributed by atoms with van der Waals surface area (Å²) in [7, 11) is 1.56. The smallest absolute Gasteiger partial charge is 0.347 e. The van der Waals surface area contributed by atoms with E-state index < -0.39 is 5.97 Å². The lowest BCUT2D eigenvalue weighted by molar-refractivity contribution is -0.118. The number of ether oxygens (including phenoxy) is 1. The molecule has 1 amide bonds. The molecular formula is C10H14N2O4S2. The Labute approximate surface area is 113 Å². The first-order valence-corrected chi connectivity index (χ1v) is 6.94. The van der Waals surface area contributed by atoms with Gasteiger partial charge in [0.25, 0.3) is 0 Å². The van der Waals surface area contributed by atoms with Crippen LogP contribution in [0.15, 0.2) is 4.34 Å². The average molecular weight is 290 g/mol. The zero-order valence-corrected chi connectivity index (χ0v) is 11.7. The van der Waals surface area contributed by atoms with Crippen LogP contribution in [0.1, 0.15) is 15.4 Å². The number of aromatic carboxylic acids is 1. The minimum Gasteiger partial charge on any atom is -0.477 e. The third-order valence-electron chi connectivity index (χ3n) is 1.93. The third kappa shape index (κ3) is 4.63. The lowest BCUT2D eigenvalue weighted by atomic mass is 10.4. The van der Waals surface area contributed by atoms with Gasteiger partial charge in [0.15, 0.2) is 4.34 Å². The quantitative estimate of drug-likeness (QED) is 0.575. The highest BCUT2D eigenvalue weighted by molar-refractivity contribution is 8.01. The molecule has 0 saturated carbocycles. The van der Waals surface area contributed by atoms with Gasteiger partial charge in [-0.05, 0) is 6.92 Å². The van der Waals surface area contributed by atoms with E-state index in [1.807, 2.05) is 0 Å². The lowest BCUT2D eigenvalue weighted by Gasteiger charge is -2.02.